The van der Waals surface area contributed by atoms with E-state index in [1.165, 1.54) is 0 Å². The lowest BCUT2D eigenvalue weighted by Crippen LogP contribution is -2.53. The summed E-state index contributed by atoms with van der Waals surface area (Å²) in [5.41, 5.74) is 7.76. The first-order valence-corrected chi connectivity index (χ1v) is 6.10. The molecule has 0 heterocycles. The summed E-state index contributed by atoms with van der Waals surface area (Å²) >= 11 is 0. The molecule has 0 aliphatic heterocycles. The van der Waals surface area contributed by atoms with Crippen LogP contribution in [0.2, 0.25) is 0 Å². The number of rotatable bonds is 7. The fourth-order valence-corrected chi connectivity index (χ4v) is 2.13. The van der Waals surface area contributed by atoms with Crippen molar-refractivity contribution in [3.63, 3.8) is 0 Å². The maximum atomic E-state index is 11.8. The predicted molar refractivity (Wildman–Crippen MR) is 72.6 cm³/mol. The molecule has 0 aliphatic rings. The van der Waals surface area contributed by atoms with E-state index < -0.39 is 11.5 Å². The number of azide groups is 1. The SMILES string of the molecule is CC(C)C(NCCN=[N+]=[N-])(C(=O)O)c1ccccc1. The number of carbonyl (C=O) groups is 1. The molecule has 6 heteroatoms. The van der Waals surface area contributed by atoms with E-state index in [2.05, 4.69) is 15.3 Å². The standard InChI is InChI=1S/C13H18N4O2/c1-10(2)13(12(18)19,15-8-9-16-17-14)11-6-4-3-5-7-11/h3-7,10,15H,8-9H2,1-2H3,(H,18,19). The molecule has 0 fully saturated rings. The van der Waals surface area contributed by atoms with Crippen molar-refractivity contribution in [3.8, 4) is 0 Å². The fraction of sp³-hybridized carbons (Fsp3) is 0.462. The summed E-state index contributed by atoms with van der Waals surface area (Å²) in [7, 11) is 0. The summed E-state index contributed by atoms with van der Waals surface area (Å²) in [5, 5.41) is 16.1. The molecule has 1 unspecified atom stereocenters. The van der Waals surface area contributed by atoms with Crippen LogP contribution in [0.4, 0.5) is 0 Å². The highest BCUT2D eigenvalue weighted by Crippen LogP contribution is 2.29. The number of aliphatic carboxylic acids is 1. The van der Waals surface area contributed by atoms with E-state index in [1.807, 2.05) is 32.0 Å². The number of carboxylic acids is 1. The molecular formula is C13H18N4O2. The quantitative estimate of drug-likeness (QED) is 0.342. The second kappa shape index (κ2) is 6.78. The second-order valence-electron chi connectivity index (χ2n) is 4.52. The Labute approximate surface area is 112 Å². The summed E-state index contributed by atoms with van der Waals surface area (Å²) in [4.78, 5) is 14.4. The van der Waals surface area contributed by atoms with Crippen molar-refractivity contribution >= 4 is 5.97 Å². The summed E-state index contributed by atoms with van der Waals surface area (Å²) in [6.45, 7) is 4.22. The number of nitrogens with zero attached hydrogens (tertiary/aromatic N) is 3. The number of carboxylic acid groups (broad SMARTS) is 1. The molecule has 0 aliphatic carbocycles. The second-order valence-corrected chi connectivity index (χ2v) is 4.52. The molecular weight excluding hydrogens is 244 g/mol. The van der Waals surface area contributed by atoms with Gasteiger partial charge < -0.3 is 5.11 Å². The molecule has 6 nitrogen and oxygen atoms in total. The van der Waals surface area contributed by atoms with Gasteiger partial charge in [0.2, 0.25) is 0 Å². The van der Waals surface area contributed by atoms with Gasteiger partial charge in [0.15, 0.2) is 0 Å². The fourth-order valence-electron chi connectivity index (χ4n) is 2.13. The van der Waals surface area contributed by atoms with Crippen LogP contribution in [0, 0.1) is 5.92 Å². The monoisotopic (exact) mass is 262 g/mol. The third-order valence-electron chi connectivity index (χ3n) is 3.11. The zero-order valence-electron chi connectivity index (χ0n) is 11.1. The first-order valence-electron chi connectivity index (χ1n) is 6.10. The molecule has 1 rings (SSSR count). The summed E-state index contributed by atoms with van der Waals surface area (Å²) in [6.07, 6.45) is 0. The van der Waals surface area contributed by atoms with Crippen molar-refractivity contribution in [3.05, 3.63) is 46.3 Å². The van der Waals surface area contributed by atoms with E-state index in [-0.39, 0.29) is 12.5 Å². The van der Waals surface area contributed by atoms with Crippen LogP contribution in [-0.2, 0) is 10.3 Å². The Kier molecular flexibility index (Phi) is 5.36. The average molecular weight is 262 g/mol. The molecule has 0 saturated heterocycles. The molecule has 0 spiro atoms. The van der Waals surface area contributed by atoms with Crippen molar-refractivity contribution in [1.29, 1.82) is 0 Å². The Morgan fingerprint density at radius 2 is 2.11 bits per heavy atom. The summed E-state index contributed by atoms with van der Waals surface area (Å²) < 4.78 is 0. The first-order chi connectivity index (χ1) is 9.05. The number of hydrogen-bond acceptors (Lipinski definition) is 3. The normalized spacial score (nSPS) is 13.6. The van der Waals surface area contributed by atoms with Crippen LogP contribution >= 0.6 is 0 Å². The smallest absolute Gasteiger partial charge is 0.328 e. The van der Waals surface area contributed by atoms with Gasteiger partial charge in [-0.05, 0) is 17.0 Å². The molecule has 1 aromatic carbocycles. The van der Waals surface area contributed by atoms with Gasteiger partial charge in [-0.3, -0.25) is 5.32 Å². The van der Waals surface area contributed by atoms with Crippen LogP contribution in [0.1, 0.15) is 19.4 Å². The molecule has 1 aromatic rings. The van der Waals surface area contributed by atoms with Crippen molar-refractivity contribution in [2.24, 2.45) is 11.0 Å². The lowest BCUT2D eigenvalue weighted by atomic mass is 9.79. The number of hydrogen-bond donors (Lipinski definition) is 2. The van der Waals surface area contributed by atoms with Crippen LogP contribution in [0.3, 0.4) is 0 Å². The van der Waals surface area contributed by atoms with Crippen LogP contribution in [0.25, 0.3) is 10.4 Å². The van der Waals surface area contributed by atoms with Crippen molar-refractivity contribution in [2.75, 3.05) is 13.1 Å². The zero-order valence-corrected chi connectivity index (χ0v) is 11.1. The highest BCUT2D eigenvalue weighted by atomic mass is 16.4. The topological polar surface area (TPSA) is 98.1 Å². The minimum atomic E-state index is -1.17. The summed E-state index contributed by atoms with van der Waals surface area (Å²) in [6, 6.07) is 9.04. The highest BCUT2D eigenvalue weighted by molar-refractivity contribution is 5.81. The van der Waals surface area contributed by atoms with Gasteiger partial charge in [-0.2, -0.15) is 0 Å². The molecule has 19 heavy (non-hydrogen) atoms. The van der Waals surface area contributed by atoms with Gasteiger partial charge in [0, 0.05) is 18.0 Å². The molecule has 0 bridgehead atoms. The summed E-state index contributed by atoms with van der Waals surface area (Å²) in [5.74, 6) is -1.09. The highest BCUT2D eigenvalue weighted by Gasteiger charge is 2.42. The van der Waals surface area contributed by atoms with Gasteiger partial charge in [0.1, 0.15) is 5.54 Å². The van der Waals surface area contributed by atoms with E-state index in [0.29, 0.717) is 12.1 Å². The largest absolute Gasteiger partial charge is 0.480 e. The molecule has 0 amide bonds. The Bertz CT molecular complexity index is 469. The van der Waals surface area contributed by atoms with Crippen molar-refractivity contribution < 1.29 is 9.90 Å². The molecule has 102 valence electrons. The van der Waals surface area contributed by atoms with Crippen LogP contribution in [-0.4, -0.2) is 24.2 Å². The van der Waals surface area contributed by atoms with E-state index in [1.54, 1.807) is 12.1 Å². The van der Waals surface area contributed by atoms with Gasteiger partial charge in [0.05, 0.1) is 0 Å². The van der Waals surface area contributed by atoms with E-state index in [9.17, 15) is 9.90 Å². The Morgan fingerprint density at radius 3 is 2.58 bits per heavy atom. The van der Waals surface area contributed by atoms with Crippen LogP contribution < -0.4 is 5.32 Å². The van der Waals surface area contributed by atoms with Gasteiger partial charge in [0.25, 0.3) is 0 Å². The van der Waals surface area contributed by atoms with Gasteiger partial charge >= 0.3 is 5.97 Å². The Hall–Kier alpha value is -2.04. The van der Waals surface area contributed by atoms with Crippen molar-refractivity contribution in [1.82, 2.24) is 5.32 Å². The van der Waals surface area contributed by atoms with Crippen molar-refractivity contribution in [2.45, 2.75) is 19.4 Å². The molecule has 0 saturated carbocycles. The first kappa shape index (κ1) is 15.0. The van der Waals surface area contributed by atoms with E-state index in [0.717, 1.165) is 0 Å². The maximum Gasteiger partial charge on any atom is 0.328 e. The molecule has 0 radical (unpaired) electrons. The van der Waals surface area contributed by atoms with Crippen LogP contribution in [0.5, 0.6) is 0 Å². The number of benzene rings is 1. The van der Waals surface area contributed by atoms with E-state index >= 15 is 0 Å². The Morgan fingerprint density at radius 1 is 1.47 bits per heavy atom. The van der Waals surface area contributed by atoms with Gasteiger partial charge in [-0.15, -0.1) is 0 Å². The molecule has 1 atom stereocenters. The van der Waals surface area contributed by atoms with E-state index in [4.69, 9.17) is 5.53 Å². The van der Waals surface area contributed by atoms with Gasteiger partial charge in [-0.1, -0.05) is 49.3 Å². The lowest BCUT2D eigenvalue weighted by molar-refractivity contribution is -0.147. The third-order valence-corrected chi connectivity index (χ3v) is 3.11. The maximum absolute atomic E-state index is 11.8. The Balaban J connectivity index is 3.08. The third kappa shape index (κ3) is 3.24. The zero-order chi connectivity index (χ0) is 14.3. The lowest BCUT2D eigenvalue weighted by Gasteiger charge is -2.35. The minimum absolute atomic E-state index is 0.154. The molecule has 0 aromatic heterocycles. The predicted octanol–water partition coefficient (Wildman–Crippen LogP) is 2.52. The number of nitrogens with one attached hydrogen (secondary N) is 1. The minimum Gasteiger partial charge on any atom is -0.480 e. The van der Waals surface area contributed by atoms with Gasteiger partial charge in [-0.25, -0.2) is 4.79 Å². The average Bonchev–Trinajstić information content (AvgIpc) is 2.39. The van der Waals surface area contributed by atoms with Crippen LogP contribution in [0.15, 0.2) is 35.4 Å². The molecule has 2 N–H and O–H groups in total.